The topological polar surface area (TPSA) is 80.3 Å². The fraction of sp³-hybridized carbons (Fsp3) is 0.0870. The third-order valence-electron chi connectivity index (χ3n) is 4.62. The summed E-state index contributed by atoms with van der Waals surface area (Å²) < 4.78 is 19.5. The quantitative estimate of drug-likeness (QED) is 0.395. The van der Waals surface area contributed by atoms with Crippen molar-refractivity contribution in [3.05, 3.63) is 77.1 Å². The van der Waals surface area contributed by atoms with Gasteiger partial charge in [0.15, 0.2) is 0 Å². The molecule has 0 saturated heterocycles. The predicted molar refractivity (Wildman–Crippen MR) is 120 cm³/mol. The van der Waals surface area contributed by atoms with Gasteiger partial charge in [0.25, 0.3) is 0 Å². The smallest absolute Gasteiger partial charge is 0.348 e. The highest BCUT2D eigenvalue weighted by Crippen LogP contribution is 2.34. The number of nitrogens with zero attached hydrogens (tertiary/aromatic N) is 1. The number of hydrogen-bond acceptors (Lipinski definition) is 5. The van der Waals surface area contributed by atoms with Crippen LogP contribution < -0.4 is 10.6 Å². The SMILES string of the molecule is COC(=O)c1cc2nccc(-c3ccc(NC(=O)Nc4cc(C)ccc4F)cc3)c2s1. The Morgan fingerprint density at radius 2 is 1.81 bits per heavy atom. The lowest BCUT2D eigenvalue weighted by molar-refractivity contribution is 0.0606. The van der Waals surface area contributed by atoms with Crippen LogP contribution in [0.4, 0.5) is 20.6 Å². The van der Waals surface area contributed by atoms with Gasteiger partial charge in [-0.15, -0.1) is 11.3 Å². The summed E-state index contributed by atoms with van der Waals surface area (Å²) in [6.45, 7) is 1.82. The Kier molecular flexibility index (Phi) is 5.64. The summed E-state index contributed by atoms with van der Waals surface area (Å²) in [6, 6.07) is 14.8. The summed E-state index contributed by atoms with van der Waals surface area (Å²) in [5.74, 6) is -0.898. The molecule has 0 aliphatic heterocycles. The molecule has 2 amide bonds. The van der Waals surface area contributed by atoms with E-state index in [4.69, 9.17) is 4.74 Å². The van der Waals surface area contributed by atoms with E-state index in [-0.39, 0.29) is 5.69 Å². The lowest BCUT2D eigenvalue weighted by Gasteiger charge is -2.10. The largest absolute Gasteiger partial charge is 0.465 e. The maximum Gasteiger partial charge on any atom is 0.348 e. The Hall–Kier alpha value is -3.78. The number of hydrogen-bond donors (Lipinski definition) is 2. The zero-order valence-electron chi connectivity index (χ0n) is 16.7. The van der Waals surface area contributed by atoms with E-state index < -0.39 is 17.8 Å². The number of anilines is 2. The molecule has 0 bridgehead atoms. The van der Waals surface area contributed by atoms with Gasteiger partial charge in [0.2, 0.25) is 0 Å². The van der Waals surface area contributed by atoms with Crippen molar-refractivity contribution in [2.45, 2.75) is 6.92 Å². The third-order valence-corrected chi connectivity index (χ3v) is 5.76. The van der Waals surface area contributed by atoms with E-state index in [0.29, 0.717) is 16.1 Å². The van der Waals surface area contributed by atoms with Crippen molar-refractivity contribution in [1.82, 2.24) is 4.98 Å². The van der Waals surface area contributed by atoms with Gasteiger partial charge in [0, 0.05) is 17.4 Å². The molecular formula is C23H18FN3O3S. The van der Waals surface area contributed by atoms with Gasteiger partial charge in [-0.2, -0.15) is 0 Å². The predicted octanol–water partition coefficient (Wildman–Crippen LogP) is 5.84. The van der Waals surface area contributed by atoms with Crippen molar-refractivity contribution >= 4 is 44.9 Å². The standard InChI is InChI=1S/C23H18FN3O3S/c1-13-3-8-17(24)18(11-13)27-23(29)26-15-6-4-14(5-7-15)16-9-10-25-19-12-20(22(28)30-2)31-21(16)19/h3-12H,1-2H3,(H2,26,27,29). The van der Waals surface area contributed by atoms with E-state index in [9.17, 15) is 14.0 Å². The molecule has 0 radical (unpaired) electrons. The molecule has 0 unspecified atom stereocenters. The summed E-state index contributed by atoms with van der Waals surface area (Å²) in [5.41, 5.74) is 4.05. The molecule has 2 heterocycles. The number of thiophene rings is 1. The van der Waals surface area contributed by atoms with Crippen molar-refractivity contribution < 1.29 is 18.7 Å². The molecule has 2 aromatic heterocycles. The number of rotatable bonds is 4. The molecule has 156 valence electrons. The first-order chi connectivity index (χ1) is 14.9. The first-order valence-corrected chi connectivity index (χ1v) is 10.2. The Balaban J connectivity index is 1.53. The molecule has 0 aliphatic rings. The Labute approximate surface area is 181 Å². The number of aromatic nitrogens is 1. The highest BCUT2D eigenvalue weighted by molar-refractivity contribution is 7.21. The maximum absolute atomic E-state index is 13.8. The van der Waals surface area contributed by atoms with Crippen LogP contribution in [0.3, 0.4) is 0 Å². The summed E-state index contributed by atoms with van der Waals surface area (Å²) in [4.78, 5) is 28.9. The van der Waals surface area contributed by atoms with Crippen LogP contribution in [0.25, 0.3) is 21.3 Å². The fourth-order valence-electron chi connectivity index (χ4n) is 3.12. The van der Waals surface area contributed by atoms with Gasteiger partial charge in [-0.1, -0.05) is 18.2 Å². The molecule has 4 aromatic rings. The van der Waals surface area contributed by atoms with Crippen LogP contribution in [0.15, 0.2) is 60.8 Å². The monoisotopic (exact) mass is 435 g/mol. The summed E-state index contributed by atoms with van der Waals surface area (Å²) in [6.07, 6.45) is 1.68. The number of nitrogens with one attached hydrogen (secondary N) is 2. The van der Waals surface area contributed by atoms with Gasteiger partial charge < -0.3 is 15.4 Å². The van der Waals surface area contributed by atoms with Gasteiger partial charge >= 0.3 is 12.0 Å². The average molecular weight is 435 g/mol. The molecule has 8 heteroatoms. The number of halogens is 1. The van der Waals surface area contributed by atoms with Gasteiger partial charge in [-0.25, -0.2) is 14.0 Å². The number of pyridine rings is 1. The molecule has 0 spiro atoms. The minimum Gasteiger partial charge on any atom is -0.465 e. The highest BCUT2D eigenvalue weighted by atomic mass is 32.1. The van der Waals surface area contributed by atoms with Crippen LogP contribution in [-0.2, 0) is 4.74 Å². The van der Waals surface area contributed by atoms with Crippen molar-refractivity contribution in [2.75, 3.05) is 17.7 Å². The molecule has 0 aliphatic carbocycles. The van der Waals surface area contributed by atoms with E-state index in [0.717, 1.165) is 21.4 Å². The van der Waals surface area contributed by atoms with Crippen LogP contribution in [0, 0.1) is 12.7 Å². The Morgan fingerprint density at radius 1 is 1.03 bits per heavy atom. The number of benzene rings is 2. The van der Waals surface area contributed by atoms with Crippen molar-refractivity contribution in [1.29, 1.82) is 0 Å². The number of amides is 2. The number of esters is 1. The second-order valence-electron chi connectivity index (χ2n) is 6.81. The molecule has 6 nitrogen and oxygen atoms in total. The molecule has 0 atom stereocenters. The van der Waals surface area contributed by atoms with Gasteiger partial charge in [-0.05, 0) is 54.4 Å². The minimum absolute atomic E-state index is 0.118. The van der Waals surface area contributed by atoms with Crippen molar-refractivity contribution in [2.24, 2.45) is 0 Å². The number of aryl methyl sites for hydroxylation is 1. The molecule has 0 saturated carbocycles. The highest BCUT2D eigenvalue weighted by Gasteiger charge is 2.14. The van der Waals surface area contributed by atoms with Crippen LogP contribution >= 0.6 is 11.3 Å². The second kappa shape index (κ2) is 8.53. The number of urea groups is 1. The second-order valence-corrected chi connectivity index (χ2v) is 7.87. The molecule has 2 N–H and O–H groups in total. The van der Waals surface area contributed by atoms with Crippen LogP contribution in [-0.4, -0.2) is 24.1 Å². The normalized spacial score (nSPS) is 10.7. The number of fused-ring (bicyclic) bond motifs is 1. The molecule has 4 rings (SSSR count). The number of ether oxygens (including phenoxy) is 1. The van der Waals surface area contributed by atoms with Crippen LogP contribution in [0.1, 0.15) is 15.2 Å². The van der Waals surface area contributed by atoms with Gasteiger partial charge in [-0.3, -0.25) is 4.98 Å². The van der Waals surface area contributed by atoms with E-state index in [1.54, 1.807) is 36.5 Å². The Bertz CT molecular complexity index is 1290. The number of methoxy groups -OCH3 is 1. The van der Waals surface area contributed by atoms with Crippen molar-refractivity contribution in [3.8, 4) is 11.1 Å². The minimum atomic E-state index is -0.537. The Morgan fingerprint density at radius 3 is 2.55 bits per heavy atom. The lowest BCUT2D eigenvalue weighted by Crippen LogP contribution is -2.20. The summed E-state index contributed by atoms with van der Waals surface area (Å²) >= 11 is 1.32. The fourth-order valence-corrected chi connectivity index (χ4v) is 4.19. The van der Waals surface area contributed by atoms with E-state index in [1.165, 1.54) is 24.5 Å². The van der Waals surface area contributed by atoms with Crippen LogP contribution in [0.5, 0.6) is 0 Å². The van der Waals surface area contributed by atoms with Crippen molar-refractivity contribution in [3.63, 3.8) is 0 Å². The molecular weight excluding hydrogens is 417 g/mol. The zero-order chi connectivity index (χ0) is 22.0. The summed E-state index contributed by atoms with van der Waals surface area (Å²) in [7, 11) is 1.34. The third kappa shape index (κ3) is 4.39. The maximum atomic E-state index is 13.8. The number of carbonyl (C=O) groups is 2. The molecule has 31 heavy (non-hydrogen) atoms. The van der Waals surface area contributed by atoms with Gasteiger partial charge in [0.1, 0.15) is 10.7 Å². The number of carbonyl (C=O) groups excluding carboxylic acids is 2. The van der Waals surface area contributed by atoms with Crippen LogP contribution in [0.2, 0.25) is 0 Å². The molecule has 2 aromatic carbocycles. The van der Waals surface area contributed by atoms with E-state index in [2.05, 4.69) is 15.6 Å². The van der Waals surface area contributed by atoms with E-state index >= 15 is 0 Å². The zero-order valence-corrected chi connectivity index (χ0v) is 17.5. The first kappa shape index (κ1) is 20.5. The lowest BCUT2D eigenvalue weighted by atomic mass is 10.1. The first-order valence-electron chi connectivity index (χ1n) is 9.36. The van der Waals surface area contributed by atoms with E-state index in [1.807, 2.05) is 25.1 Å². The average Bonchev–Trinajstić information content (AvgIpc) is 3.21. The molecule has 0 fully saturated rings. The summed E-state index contributed by atoms with van der Waals surface area (Å²) in [5, 5.41) is 5.21. The van der Waals surface area contributed by atoms with Gasteiger partial charge in [0.05, 0.1) is 23.0 Å².